The van der Waals surface area contributed by atoms with Crippen molar-refractivity contribution in [3.05, 3.63) is 23.0 Å². The first-order valence-electron chi connectivity index (χ1n) is 6.91. The molecule has 0 spiro atoms. The van der Waals surface area contributed by atoms with E-state index >= 15 is 0 Å². The summed E-state index contributed by atoms with van der Waals surface area (Å²) < 4.78 is 41.7. The Balaban J connectivity index is 2.46. The molecule has 1 aromatic carbocycles. The van der Waals surface area contributed by atoms with Crippen LogP contribution in [0.3, 0.4) is 0 Å². The molecule has 6 heteroatoms. The molecule has 0 bridgehead atoms. The summed E-state index contributed by atoms with van der Waals surface area (Å²) >= 11 is 0. The summed E-state index contributed by atoms with van der Waals surface area (Å²) in [5.41, 5.74) is 5.91. The standard InChI is InChI=1S/C15H23FN2O2S/c1-8-7-10(16)11(17)9(2)12(8)21(19,20)18-13-14(3,4)15(13,5)6/h7,13,18H,17H2,1-6H3. The van der Waals surface area contributed by atoms with Crippen molar-refractivity contribution in [3.8, 4) is 0 Å². The van der Waals surface area contributed by atoms with E-state index in [-0.39, 0.29) is 33.0 Å². The van der Waals surface area contributed by atoms with Crippen LogP contribution < -0.4 is 10.5 Å². The topological polar surface area (TPSA) is 72.2 Å². The lowest BCUT2D eigenvalue weighted by molar-refractivity contribution is 0.457. The van der Waals surface area contributed by atoms with Gasteiger partial charge in [-0.1, -0.05) is 27.7 Å². The molecule has 2 rings (SSSR count). The van der Waals surface area contributed by atoms with Crippen molar-refractivity contribution in [2.45, 2.75) is 52.5 Å². The number of nitrogen functional groups attached to an aromatic ring is 1. The van der Waals surface area contributed by atoms with Gasteiger partial charge >= 0.3 is 0 Å². The van der Waals surface area contributed by atoms with Gasteiger partial charge in [-0.3, -0.25) is 0 Å². The van der Waals surface area contributed by atoms with Gasteiger partial charge in [-0.25, -0.2) is 17.5 Å². The van der Waals surface area contributed by atoms with E-state index in [0.29, 0.717) is 5.56 Å². The van der Waals surface area contributed by atoms with E-state index in [2.05, 4.69) is 4.72 Å². The number of anilines is 1. The predicted octanol–water partition coefficient (Wildman–Crippen LogP) is 2.74. The molecule has 0 radical (unpaired) electrons. The van der Waals surface area contributed by atoms with Crippen LogP contribution in [-0.4, -0.2) is 14.5 Å². The third-order valence-electron chi connectivity index (χ3n) is 5.27. The highest BCUT2D eigenvalue weighted by molar-refractivity contribution is 7.89. The first kappa shape index (κ1) is 16.2. The number of halogens is 1. The van der Waals surface area contributed by atoms with Crippen molar-refractivity contribution in [1.29, 1.82) is 0 Å². The highest BCUT2D eigenvalue weighted by Crippen LogP contribution is 2.63. The maximum absolute atomic E-state index is 13.6. The minimum atomic E-state index is -3.74. The molecule has 1 aliphatic carbocycles. The van der Waals surface area contributed by atoms with Crippen LogP contribution in [0.25, 0.3) is 0 Å². The fraction of sp³-hybridized carbons (Fsp3) is 0.600. The van der Waals surface area contributed by atoms with Crippen LogP contribution >= 0.6 is 0 Å². The van der Waals surface area contributed by atoms with Gasteiger partial charge < -0.3 is 5.73 Å². The van der Waals surface area contributed by atoms with Crippen molar-refractivity contribution in [1.82, 2.24) is 4.72 Å². The van der Waals surface area contributed by atoms with E-state index in [4.69, 9.17) is 5.73 Å². The van der Waals surface area contributed by atoms with Gasteiger partial charge in [0.1, 0.15) is 5.82 Å². The van der Waals surface area contributed by atoms with Crippen molar-refractivity contribution in [2.75, 3.05) is 5.73 Å². The van der Waals surface area contributed by atoms with Gasteiger partial charge in [0, 0.05) is 6.04 Å². The van der Waals surface area contributed by atoms with E-state index in [1.165, 1.54) is 13.0 Å². The SMILES string of the molecule is Cc1cc(F)c(N)c(C)c1S(=O)(=O)NC1C(C)(C)C1(C)C. The summed E-state index contributed by atoms with van der Waals surface area (Å²) in [7, 11) is -3.74. The van der Waals surface area contributed by atoms with Crippen molar-refractivity contribution >= 4 is 15.7 Å². The highest BCUT2D eigenvalue weighted by Gasteiger charge is 2.66. The van der Waals surface area contributed by atoms with Gasteiger partial charge in [0.25, 0.3) is 0 Å². The third-order valence-corrected chi connectivity index (χ3v) is 6.98. The van der Waals surface area contributed by atoms with E-state index in [0.717, 1.165) is 0 Å². The maximum atomic E-state index is 13.6. The quantitative estimate of drug-likeness (QED) is 0.843. The lowest BCUT2D eigenvalue weighted by Gasteiger charge is -2.15. The smallest absolute Gasteiger partial charge is 0.241 e. The van der Waals surface area contributed by atoms with Gasteiger partial charge in [0.05, 0.1) is 10.6 Å². The van der Waals surface area contributed by atoms with Crippen LogP contribution in [0.4, 0.5) is 10.1 Å². The lowest BCUT2D eigenvalue weighted by atomic mass is 10.0. The number of nitrogens with one attached hydrogen (secondary N) is 1. The summed E-state index contributed by atoms with van der Waals surface area (Å²) in [6.07, 6.45) is 0. The number of nitrogens with two attached hydrogens (primary N) is 1. The largest absolute Gasteiger partial charge is 0.396 e. The zero-order valence-corrected chi connectivity index (χ0v) is 14.2. The molecule has 0 unspecified atom stereocenters. The van der Waals surface area contributed by atoms with Gasteiger partial charge in [-0.15, -0.1) is 0 Å². The Morgan fingerprint density at radius 3 is 2.10 bits per heavy atom. The second-order valence-electron chi connectivity index (χ2n) is 7.04. The van der Waals surface area contributed by atoms with Crippen LogP contribution in [0.1, 0.15) is 38.8 Å². The Labute approximate surface area is 126 Å². The van der Waals surface area contributed by atoms with Gasteiger partial charge in [-0.05, 0) is 41.9 Å². The van der Waals surface area contributed by atoms with Crippen LogP contribution in [-0.2, 0) is 10.0 Å². The zero-order chi connectivity index (χ0) is 16.4. The minimum absolute atomic E-state index is 0.0832. The van der Waals surface area contributed by atoms with Crippen LogP contribution in [0.15, 0.2) is 11.0 Å². The number of benzene rings is 1. The van der Waals surface area contributed by atoms with Crippen molar-refractivity contribution < 1.29 is 12.8 Å². The van der Waals surface area contributed by atoms with E-state index in [9.17, 15) is 12.8 Å². The van der Waals surface area contributed by atoms with Crippen LogP contribution in [0, 0.1) is 30.5 Å². The molecule has 1 aromatic rings. The molecule has 118 valence electrons. The minimum Gasteiger partial charge on any atom is -0.396 e. The number of rotatable bonds is 3. The molecular weight excluding hydrogens is 291 g/mol. The zero-order valence-electron chi connectivity index (χ0n) is 13.3. The highest BCUT2D eigenvalue weighted by atomic mass is 32.2. The Kier molecular flexibility index (Phi) is 3.42. The second kappa shape index (κ2) is 4.43. The molecule has 0 saturated heterocycles. The Bertz CT molecular complexity index is 695. The number of hydrogen-bond acceptors (Lipinski definition) is 3. The molecule has 0 amide bonds. The van der Waals surface area contributed by atoms with Crippen molar-refractivity contribution in [3.63, 3.8) is 0 Å². The molecule has 0 aromatic heterocycles. The summed E-state index contributed by atoms with van der Waals surface area (Å²) in [5.74, 6) is -0.587. The average Bonchev–Trinajstić information content (AvgIpc) is 2.68. The molecule has 4 nitrogen and oxygen atoms in total. The summed E-state index contributed by atoms with van der Waals surface area (Å²) in [5, 5.41) is 0. The van der Waals surface area contributed by atoms with Gasteiger partial charge in [0.2, 0.25) is 10.0 Å². The molecule has 1 fully saturated rings. The van der Waals surface area contributed by atoms with E-state index in [1.807, 2.05) is 27.7 Å². The average molecular weight is 314 g/mol. The molecule has 21 heavy (non-hydrogen) atoms. The number of hydrogen-bond donors (Lipinski definition) is 2. The Morgan fingerprint density at radius 1 is 1.19 bits per heavy atom. The summed E-state index contributed by atoms with van der Waals surface area (Å²) in [6.45, 7) is 11.2. The van der Waals surface area contributed by atoms with Crippen LogP contribution in [0.2, 0.25) is 0 Å². The predicted molar refractivity (Wildman–Crippen MR) is 82.0 cm³/mol. The molecule has 1 aliphatic rings. The fourth-order valence-electron chi connectivity index (χ4n) is 3.05. The second-order valence-corrected chi connectivity index (χ2v) is 8.69. The first-order chi connectivity index (χ1) is 9.34. The molecular formula is C15H23FN2O2S. The monoisotopic (exact) mass is 314 g/mol. The first-order valence-corrected chi connectivity index (χ1v) is 8.40. The van der Waals surface area contributed by atoms with E-state index < -0.39 is 15.8 Å². The Hall–Kier alpha value is -1.14. The van der Waals surface area contributed by atoms with Gasteiger partial charge in [0.15, 0.2) is 0 Å². The summed E-state index contributed by atoms with van der Waals surface area (Å²) in [4.78, 5) is 0.0832. The number of aryl methyl sites for hydroxylation is 1. The van der Waals surface area contributed by atoms with Crippen LogP contribution in [0.5, 0.6) is 0 Å². The molecule has 0 heterocycles. The maximum Gasteiger partial charge on any atom is 0.241 e. The van der Waals surface area contributed by atoms with E-state index in [1.54, 1.807) is 6.92 Å². The normalized spacial score (nSPS) is 20.5. The van der Waals surface area contributed by atoms with Crippen molar-refractivity contribution in [2.24, 2.45) is 10.8 Å². The Morgan fingerprint density at radius 2 is 1.67 bits per heavy atom. The molecule has 1 saturated carbocycles. The van der Waals surface area contributed by atoms with Gasteiger partial charge in [-0.2, -0.15) is 0 Å². The third kappa shape index (κ3) is 2.25. The molecule has 3 N–H and O–H groups in total. The summed E-state index contributed by atoms with van der Waals surface area (Å²) in [6, 6.07) is 1.01. The fourth-order valence-corrected chi connectivity index (χ4v) is 5.06. The number of sulfonamides is 1. The lowest BCUT2D eigenvalue weighted by Crippen LogP contribution is -2.31. The molecule has 0 aliphatic heterocycles. The molecule has 0 atom stereocenters.